The van der Waals surface area contributed by atoms with Crippen LogP contribution in [0.5, 0.6) is 0 Å². The minimum Gasteiger partial charge on any atom is -0.372 e. The first-order chi connectivity index (χ1) is 22.3. The third-order valence-corrected chi connectivity index (χ3v) is 9.25. The second-order valence-corrected chi connectivity index (χ2v) is 11.9. The first-order valence-electron chi connectivity index (χ1n) is 15.6. The molecule has 0 amide bonds. The van der Waals surface area contributed by atoms with E-state index in [-0.39, 0.29) is 6.04 Å². The van der Waals surface area contributed by atoms with Gasteiger partial charge in [0, 0.05) is 22.2 Å². The van der Waals surface area contributed by atoms with E-state index in [9.17, 15) is 0 Å². The van der Waals surface area contributed by atoms with Crippen molar-refractivity contribution >= 4 is 49.0 Å². The Morgan fingerprint density at radius 1 is 0.511 bits per heavy atom. The van der Waals surface area contributed by atoms with E-state index in [0.717, 1.165) is 5.70 Å². The average Bonchev–Trinajstić information content (AvgIpc) is 3.48. The zero-order valence-corrected chi connectivity index (χ0v) is 24.7. The number of nitrogens with one attached hydrogen (secondary N) is 2. The van der Waals surface area contributed by atoms with E-state index in [0.29, 0.717) is 6.67 Å². The van der Waals surface area contributed by atoms with Crippen molar-refractivity contribution < 1.29 is 0 Å². The summed E-state index contributed by atoms with van der Waals surface area (Å²) in [4.78, 5) is 0. The maximum atomic E-state index is 3.68. The predicted octanol–water partition coefficient (Wildman–Crippen LogP) is 9.99. The van der Waals surface area contributed by atoms with Gasteiger partial charge in [-0.3, -0.25) is 5.32 Å². The van der Waals surface area contributed by atoms with Gasteiger partial charge in [0.05, 0.1) is 23.7 Å². The molecule has 8 aromatic rings. The molecule has 1 aliphatic rings. The van der Waals surface area contributed by atoms with Crippen LogP contribution in [0, 0.1) is 0 Å². The van der Waals surface area contributed by atoms with E-state index in [1.165, 1.54) is 71.3 Å². The summed E-state index contributed by atoms with van der Waals surface area (Å²) in [6, 6.07) is 55.1. The Morgan fingerprint density at radius 2 is 1.13 bits per heavy atom. The molecule has 45 heavy (non-hydrogen) atoms. The number of aromatic nitrogens is 1. The van der Waals surface area contributed by atoms with Crippen molar-refractivity contribution in [3.05, 3.63) is 169 Å². The Balaban J connectivity index is 1.19. The fourth-order valence-electron chi connectivity index (χ4n) is 7.13. The van der Waals surface area contributed by atoms with E-state index in [1.54, 1.807) is 0 Å². The Kier molecular flexibility index (Phi) is 6.03. The minimum atomic E-state index is 0.0799. The summed E-state index contributed by atoms with van der Waals surface area (Å²) < 4.78 is 2.45. The van der Waals surface area contributed by atoms with Crippen molar-refractivity contribution in [1.29, 1.82) is 0 Å². The lowest BCUT2D eigenvalue weighted by Crippen LogP contribution is -2.35. The molecule has 214 valence electrons. The average molecular weight is 578 g/mol. The zero-order valence-electron chi connectivity index (χ0n) is 24.7. The van der Waals surface area contributed by atoms with Crippen LogP contribution in [0.25, 0.3) is 65.9 Å². The summed E-state index contributed by atoms with van der Waals surface area (Å²) >= 11 is 0. The summed E-state index contributed by atoms with van der Waals surface area (Å²) in [6.07, 6.45) is 2.32. The standard InChI is InChI=1S/C42H31N3/c1-2-10-28(11-3-1)31-14-8-15-32(24-31)37-26-38(44-27-43-37)33-16-9-17-34(25-33)45-39-22-20-29-12-4-6-18-35(29)41(39)42-36-19-7-5-13-30(36)21-23-40(42)45/h1-26,38,43-44H,27H2. The molecule has 0 radical (unpaired) electrons. The molecule has 3 heteroatoms. The molecule has 2 heterocycles. The molecule has 0 aliphatic carbocycles. The third-order valence-electron chi connectivity index (χ3n) is 9.25. The van der Waals surface area contributed by atoms with Gasteiger partial charge < -0.3 is 9.88 Å². The highest BCUT2D eigenvalue weighted by atomic mass is 15.1. The van der Waals surface area contributed by atoms with Gasteiger partial charge in [0.1, 0.15) is 0 Å². The van der Waals surface area contributed by atoms with Gasteiger partial charge >= 0.3 is 0 Å². The van der Waals surface area contributed by atoms with Crippen molar-refractivity contribution in [1.82, 2.24) is 15.2 Å². The van der Waals surface area contributed by atoms with Crippen LogP contribution in [0.15, 0.2) is 158 Å². The number of hydrogen-bond donors (Lipinski definition) is 2. The molecule has 1 unspecified atom stereocenters. The Hall–Kier alpha value is -5.64. The number of hydrogen-bond acceptors (Lipinski definition) is 2. The second-order valence-electron chi connectivity index (χ2n) is 11.9. The van der Waals surface area contributed by atoms with Gasteiger partial charge in [0.25, 0.3) is 0 Å². The van der Waals surface area contributed by atoms with Crippen LogP contribution in [-0.4, -0.2) is 11.2 Å². The van der Waals surface area contributed by atoms with Crippen molar-refractivity contribution in [2.24, 2.45) is 0 Å². The van der Waals surface area contributed by atoms with E-state index < -0.39 is 0 Å². The molecule has 0 bridgehead atoms. The molecule has 1 aliphatic heterocycles. The quantitative estimate of drug-likeness (QED) is 0.218. The Morgan fingerprint density at radius 3 is 1.87 bits per heavy atom. The van der Waals surface area contributed by atoms with E-state index in [4.69, 9.17) is 0 Å². The van der Waals surface area contributed by atoms with Crippen LogP contribution in [0.4, 0.5) is 0 Å². The summed E-state index contributed by atoms with van der Waals surface area (Å²) in [7, 11) is 0. The monoisotopic (exact) mass is 577 g/mol. The van der Waals surface area contributed by atoms with Gasteiger partial charge in [-0.2, -0.15) is 0 Å². The first kappa shape index (κ1) is 25.8. The summed E-state index contributed by atoms with van der Waals surface area (Å²) in [5.74, 6) is 0. The predicted molar refractivity (Wildman–Crippen MR) is 190 cm³/mol. The molecular formula is C42H31N3. The van der Waals surface area contributed by atoms with Gasteiger partial charge in [0.15, 0.2) is 0 Å². The molecule has 0 fully saturated rings. The second kappa shape index (κ2) is 10.5. The molecule has 0 spiro atoms. The molecule has 9 rings (SSSR count). The molecule has 0 saturated carbocycles. The normalized spacial score (nSPS) is 15.0. The number of benzene rings is 7. The lowest BCUT2D eigenvalue weighted by molar-refractivity contribution is 0.574. The van der Waals surface area contributed by atoms with Crippen LogP contribution < -0.4 is 10.6 Å². The first-order valence-corrected chi connectivity index (χ1v) is 15.6. The lowest BCUT2D eigenvalue weighted by Gasteiger charge is -2.26. The minimum absolute atomic E-state index is 0.0799. The van der Waals surface area contributed by atoms with Gasteiger partial charge in [-0.15, -0.1) is 0 Å². The van der Waals surface area contributed by atoms with Crippen molar-refractivity contribution in [3.8, 4) is 16.8 Å². The van der Waals surface area contributed by atoms with Crippen molar-refractivity contribution in [2.75, 3.05) is 6.67 Å². The molecule has 7 aromatic carbocycles. The maximum absolute atomic E-state index is 3.68. The Labute approximate surface area is 262 Å². The SMILES string of the molecule is C1=C(c2cccc(-c3ccccc3)c2)NCNC1c1cccc(-n2c3ccc4ccccc4c3c3c4ccccc4ccc32)c1. The highest BCUT2D eigenvalue weighted by molar-refractivity contribution is 6.28. The summed E-state index contributed by atoms with van der Waals surface area (Å²) in [5.41, 5.74) is 9.65. The van der Waals surface area contributed by atoms with E-state index >= 15 is 0 Å². The number of fused-ring (bicyclic) bond motifs is 7. The molecular weight excluding hydrogens is 546 g/mol. The zero-order chi connectivity index (χ0) is 29.7. The van der Waals surface area contributed by atoms with E-state index in [1.807, 2.05) is 0 Å². The Bertz CT molecular complexity index is 2320. The largest absolute Gasteiger partial charge is 0.372 e. The van der Waals surface area contributed by atoms with Crippen LogP contribution in [-0.2, 0) is 0 Å². The van der Waals surface area contributed by atoms with Crippen LogP contribution in [0.1, 0.15) is 17.2 Å². The van der Waals surface area contributed by atoms with Gasteiger partial charge in [0.2, 0.25) is 0 Å². The number of nitrogens with zero attached hydrogens (tertiary/aromatic N) is 1. The molecule has 1 aromatic heterocycles. The summed E-state index contributed by atoms with van der Waals surface area (Å²) in [5, 5.41) is 15.0. The van der Waals surface area contributed by atoms with Crippen LogP contribution in [0.2, 0.25) is 0 Å². The molecule has 1 atom stereocenters. The van der Waals surface area contributed by atoms with Gasteiger partial charge in [-0.1, -0.05) is 121 Å². The molecule has 2 N–H and O–H groups in total. The van der Waals surface area contributed by atoms with Crippen LogP contribution in [0.3, 0.4) is 0 Å². The fourth-order valence-corrected chi connectivity index (χ4v) is 7.13. The van der Waals surface area contributed by atoms with Gasteiger partial charge in [-0.05, 0) is 80.2 Å². The highest BCUT2D eigenvalue weighted by Crippen LogP contribution is 2.40. The molecule has 3 nitrogen and oxygen atoms in total. The topological polar surface area (TPSA) is 29.0 Å². The van der Waals surface area contributed by atoms with Crippen molar-refractivity contribution in [3.63, 3.8) is 0 Å². The third kappa shape index (κ3) is 4.32. The van der Waals surface area contributed by atoms with Crippen molar-refractivity contribution in [2.45, 2.75) is 6.04 Å². The fraction of sp³-hybridized carbons (Fsp3) is 0.0476. The maximum Gasteiger partial charge on any atom is 0.0660 e. The van der Waals surface area contributed by atoms with Crippen LogP contribution >= 0.6 is 0 Å². The lowest BCUT2D eigenvalue weighted by atomic mass is 9.98. The highest BCUT2D eigenvalue weighted by Gasteiger charge is 2.20. The van der Waals surface area contributed by atoms with E-state index in [2.05, 4.69) is 173 Å². The number of rotatable bonds is 4. The smallest absolute Gasteiger partial charge is 0.0660 e. The molecule has 0 saturated heterocycles. The van der Waals surface area contributed by atoms with Gasteiger partial charge in [-0.25, -0.2) is 0 Å². The summed E-state index contributed by atoms with van der Waals surface area (Å²) in [6.45, 7) is 0.698.